The van der Waals surface area contributed by atoms with E-state index in [0.717, 1.165) is 0 Å². The second-order valence-electron chi connectivity index (χ2n) is 7.50. The van der Waals surface area contributed by atoms with Crippen molar-refractivity contribution in [2.45, 2.75) is 13.0 Å². The van der Waals surface area contributed by atoms with Gasteiger partial charge in [-0.15, -0.1) is 0 Å². The molecule has 33 heavy (non-hydrogen) atoms. The fourth-order valence-electron chi connectivity index (χ4n) is 3.72. The van der Waals surface area contributed by atoms with Gasteiger partial charge in [0.05, 0.1) is 11.7 Å². The molecule has 3 heterocycles. The third-order valence-electron chi connectivity index (χ3n) is 5.37. The van der Waals surface area contributed by atoms with Crippen LogP contribution in [0.1, 0.15) is 29.0 Å². The summed E-state index contributed by atoms with van der Waals surface area (Å²) < 4.78 is 31.9. The summed E-state index contributed by atoms with van der Waals surface area (Å²) in [6, 6.07) is 9.18. The number of halogens is 2. The molecule has 0 saturated carbocycles. The summed E-state index contributed by atoms with van der Waals surface area (Å²) >= 11 is 0. The van der Waals surface area contributed by atoms with Crippen LogP contribution in [-0.2, 0) is 7.05 Å². The molecule has 0 aliphatic rings. The first kappa shape index (κ1) is 21.9. The minimum Gasteiger partial charge on any atom is -0.382 e. The first-order valence-electron chi connectivity index (χ1n) is 9.94. The van der Waals surface area contributed by atoms with Gasteiger partial charge in [-0.05, 0) is 37.3 Å². The van der Waals surface area contributed by atoms with Gasteiger partial charge in [0.1, 0.15) is 23.0 Å². The Labute approximate surface area is 187 Å². The van der Waals surface area contributed by atoms with Crippen LogP contribution < -0.4 is 17.0 Å². The largest absolute Gasteiger partial charge is 0.382 e. The molecule has 0 aliphatic heterocycles. The number of carbonyl (C=O) groups excluding carboxylic acids is 1. The van der Waals surface area contributed by atoms with E-state index in [1.54, 1.807) is 36.9 Å². The molecule has 0 fully saturated rings. The Balaban J connectivity index is 1.96. The molecular weight excluding hydrogens is 430 g/mol. The van der Waals surface area contributed by atoms with Crippen LogP contribution in [0.15, 0.2) is 59.7 Å². The van der Waals surface area contributed by atoms with Gasteiger partial charge in [-0.3, -0.25) is 9.59 Å². The number of primary amides is 1. The van der Waals surface area contributed by atoms with Crippen LogP contribution in [0.5, 0.6) is 0 Å². The zero-order valence-corrected chi connectivity index (χ0v) is 17.8. The summed E-state index contributed by atoms with van der Waals surface area (Å²) in [5, 5.41) is 0. The number of hydrogen-bond acceptors (Lipinski definition) is 5. The van der Waals surface area contributed by atoms with Crippen molar-refractivity contribution in [1.82, 2.24) is 19.1 Å². The summed E-state index contributed by atoms with van der Waals surface area (Å²) in [6.45, 7) is 1.64. The van der Waals surface area contributed by atoms with E-state index in [-0.39, 0.29) is 34.0 Å². The SMILES string of the molecule is CC(c1c(F)cccc1F)n1cccc1-c1nc(N)c(C(N)=O)nc1-c1ccc(=O)n(C)c1. The van der Waals surface area contributed by atoms with Crippen LogP contribution in [0.2, 0.25) is 0 Å². The van der Waals surface area contributed by atoms with E-state index in [4.69, 9.17) is 11.5 Å². The molecule has 0 bridgehead atoms. The molecule has 1 aromatic carbocycles. The van der Waals surface area contributed by atoms with Crippen LogP contribution in [0, 0.1) is 11.6 Å². The zero-order valence-electron chi connectivity index (χ0n) is 17.8. The molecule has 8 nitrogen and oxygen atoms in total. The third-order valence-corrected chi connectivity index (χ3v) is 5.37. The van der Waals surface area contributed by atoms with E-state index in [0.29, 0.717) is 11.3 Å². The van der Waals surface area contributed by atoms with E-state index in [1.807, 2.05) is 0 Å². The van der Waals surface area contributed by atoms with Crippen LogP contribution in [0.4, 0.5) is 14.6 Å². The quantitative estimate of drug-likeness (QED) is 0.484. The molecule has 4 aromatic rings. The first-order valence-corrected chi connectivity index (χ1v) is 9.94. The third kappa shape index (κ3) is 3.86. The minimum atomic E-state index is -0.866. The van der Waals surface area contributed by atoms with E-state index in [2.05, 4.69) is 9.97 Å². The van der Waals surface area contributed by atoms with Gasteiger partial charge in [-0.1, -0.05) is 6.07 Å². The predicted molar refractivity (Wildman–Crippen MR) is 119 cm³/mol. The van der Waals surface area contributed by atoms with E-state index >= 15 is 0 Å². The number of benzene rings is 1. The summed E-state index contributed by atoms with van der Waals surface area (Å²) in [5.41, 5.74) is 12.2. The average Bonchev–Trinajstić information content (AvgIpc) is 3.25. The molecule has 0 aliphatic carbocycles. The number of carbonyl (C=O) groups is 1. The van der Waals surface area contributed by atoms with Gasteiger partial charge in [-0.2, -0.15) is 0 Å². The van der Waals surface area contributed by atoms with Crippen molar-refractivity contribution in [3.63, 3.8) is 0 Å². The van der Waals surface area contributed by atoms with Crippen molar-refractivity contribution in [3.05, 3.63) is 88.1 Å². The van der Waals surface area contributed by atoms with E-state index < -0.39 is 23.6 Å². The minimum absolute atomic E-state index is 0.117. The van der Waals surface area contributed by atoms with Gasteiger partial charge in [0.2, 0.25) is 5.56 Å². The number of nitrogens with two attached hydrogens (primary N) is 2. The molecule has 4 rings (SSSR count). The Bertz CT molecular complexity index is 1420. The lowest BCUT2D eigenvalue weighted by Gasteiger charge is -2.20. The van der Waals surface area contributed by atoms with Gasteiger partial charge >= 0.3 is 0 Å². The number of nitrogen functional groups attached to an aromatic ring is 1. The van der Waals surface area contributed by atoms with Gasteiger partial charge in [-0.25, -0.2) is 18.7 Å². The van der Waals surface area contributed by atoms with Crippen LogP contribution in [-0.4, -0.2) is 25.0 Å². The highest BCUT2D eigenvalue weighted by Crippen LogP contribution is 2.34. The smallest absolute Gasteiger partial charge is 0.271 e. The standard InChI is InChI=1S/C23H20F2N6O2/c1-12(18-14(24)5-3-6-15(18)25)31-10-4-7-16(31)20-19(13-8-9-17(32)30(2)11-13)28-21(23(27)33)22(26)29-20/h3-12H,1-2H3,(H2,26,29)(H2,27,33). The molecular formula is C23H20F2N6O2. The number of anilines is 1. The van der Waals surface area contributed by atoms with Crippen molar-refractivity contribution in [1.29, 1.82) is 0 Å². The van der Waals surface area contributed by atoms with Gasteiger partial charge in [0.15, 0.2) is 11.5 Å². The van der Waals surface area contributed by atoms with Crippen molar-refractivity contribution >= 4 is 11.7 Å². The highest BCUT2D eigenvalue weighted by Gasteiger charge is 2.24. The Morgan fingerprint density at radius 3 is 2.36 bits per heavy atom. The van der Waals surface area contributed by atoms with Crippen LogP contribution in [0.3, 0.4) is 0 Å². The van der Waals surface area contributed by atoms with Crippen molar-refractivity contribution in [3.8, 4) is 22.6 Å². The Morgan fingerprint density at radius 1 is 1.03 bits per heavy atom. The molecule has 1 unspecified atom stereocenters. The topological polar surface area (TPSA) is 122 Å². The molecule has 0 saturated heterocycles. The Morgan fingerprint density at radius 2 is 1.73 bits per heavy atom. The fourth-order valence-corrected chi connectivity index (χ4v) is 3.72. The maximum Gasteiger partial charge on any atom is 0.271 e. The molecule has 0 spiro atoms. The maximum absolute atomic E-state index is 14.5. The van der Waals surface area contributed by atoms with Gasteiger partial charge in [0.25, 0.3) is 5.91 Å². The van der Waals surface area contributed by atoms with Crippen LogP contribution >= 0.6 is 0 Å². The summed E-state index contributed by atoms with van der Waals surface area (Å²) in [7, 11) is 1.57. The van der Waals surface area contributed by atoms with Crippen molar-refractivity contribution in [2.75, 3.05) is 5.73 Å². The monoisotopic (exact) mass is 450 g/mol. The molecule has 4 N–H and O–H groups in total. The number of aryl methyl sites for hydroxylation is 1. The number of amides is 1. The lowest BCUT2D eigenvalue weighted by Crippen LogP contribution is -2.19. The summed E-state index contributed by atoms with van der Waals surface area (Å²) in [4.78, 5) is 32.4. The molecule has 1 amide bonds. The van der Waals surface area contributed by atoms with Crippen molar-refractivity contribution in [2.24, 2.45) is 12.8 Å². The molecule has 0 radical (unpaired) electrons. The summed E-state index contributed by atoms with van der Waals surface area (Å²) in [6.07, 6.45) is 3.18. The average molecular weight is 450 g/mol. The number of pyridine rings is 1. The number of rotatable bonds is 5. The highest BCUT2D eigenvalue weighted by molar-refractivity contribution is 5.96. The second kappa shape index (κ2) is 8.30. The van der Waals surface area contributed by atoms with Crippen LogP contribution in [0.25, 0.3) is 22.6 Å². The normalized spacial score (nSPS) is 12.0. The second-order valence-corrected chi connectivity index (χ2v) is 7.50. The fraction of sp³-hybridized carbons (Fsp3) is 0.130. The van der Waals surface area contributed by atoms with Gasteiger partial charge in [0, 0.05) is 36.6 Å². The summed E-state index contributed by atoms with van der Waals surface area (Å²) in [5.74, 6) is -2.43. The Kier molecular flexibility index (Phi) is 5.50. The highest BCUT2D eigenvalue weighted by atomic mass is 19.1. The number of hydrogen-bond donors (Lipinski definition) is 2. The number of nitrogens with zero attached hydrogens (tertiary/aromatic N) is 4. The number of aromatic nitrogens is 4. The lowest BCUT2D eigenvalue weighted by atomic mass is 10.1. The lowest BCUT2D eigenvalue weighted by molar-refractivity contribution is 0.0996. The molecule has 10 heteroatoms. The van der Waals surface area contributed by atoms with E-state index in [1.165, 1.54) is 41.1 Å². The Hall–Kier alpha value is -4.34. The zero-order chi connectivity index (χ0) is 23.9. The molecule has 1 atom stereocenters. The molecule has 168 valence electrons. The molecule has 3 aromatic heterocycles. The first-order chi connectivity index (χ1) is 15.7. The van der Waals surface area contributed by atoms with E-state index in [9.17, 15) is 18.4 Å². The maximum atomic E-state index is 14.5. The van der Waals surface area contributed by atoms with Crippen molar-refractivity contribution < 1.29 is 13.6 Å². The van der Waals surface area contributed by atoms with Gasteiger partial charge < -0.3 is 20.6 Å². The predicted octanol–water partition coefficient (Wildman–Crippen LogP) is 2.88.